The molecule has 0 N–H and O–H groups in total. The fourth-order valence-electron chi connectivity index (χ4n) is 1.93. The number of hydrogen-bond acceptors (Lipinski definition) is 7. The number of nitro groups is 1. The lowest BCUT2D eigenvalue weighted by atomic mass is 10.2. The molecule has 0 fully saturated rings. The van der Waals surface area contributed by atoms with Gasteiger partial charge in [0.25, 0.3) is 4.96 Å². The number of nitrogens with zero attached hydrogens (tertiary/aromatic N) is 3. The molecular formula is C13H9N3O4S2. The Labute approximate surface area is 132 Å². The predicted molar refractivity (Wildman–Crippen MR) is 81.6 cm³/mol. The number of carbonyl (C=O) groups is 1. The van der Waals surface area contributed by atoms with Gasteiger partial charge in [-0.2, -0.15) is 9.38 Å². The number of benzene rings is 1. The van der Waals surface area contributed by atoms with Crippen molar-refractivity contribution in [2.45, 2.75) is 9.92 Å². The van der Waals surface area contributed by atoms with Gasteiger partial charge in [-0.3, -0.25) is 0 Å². The average molecular weight is 335 g/mol. The summed E-state index contributed by atoms with van der Waals surface area (Å²) in [5, 5.41) is 13.3. The Morgan fingerprint density at radius 3 is 2.95 bits per heavy atom. The number of methoxy groups -OCH3 is 1. The second kappa shape index (κ2) is 5.78. The van der Waals surface area contributed by atoms with Crippen LogP contribution < -0.4 is 0 Å². The van der Waals surface area contributed by atoms with E-state index in [2.05, 4.69) is 4.98 Å². The fraction of sp³-hybridized carbons (Fsp3) is 0.0769. The van der Waals surface area contributed by atoms with Gasteiger partial charge < -0.3 is 14.9 Å². The van der Waals surface area contributed by atoms with Gasteiger partial charge >= 0.3 is 11.8 Å². The van der Waals surface area contributed by atoms with E-state index in [-0.39, 0.29) is 10.8 Å². The van der Waals surface area contributed by atoms with Gasteiger partial charge in [0.2, 0.25) is 5.03 Å². The van der Waals surface area contributed by atoms with E-state index < -0.39 is 10.9 Å². The van der Waals surface area contributed by atoms with Crippen molar-refractivity contribution in [2.75, 3.05) is 7.11 Å². The van der Waals surface area contributed by atoms with Gasteiger partial charge in [0.05, 0.1) is 12.7 Å². The van der Waals surface area contributed by atoms with Crippen LogP contribution in [0.2, 0.25) is 0 Å². The topological polar surface area (TPSA) is 86.7 Å². The molecule has 22 heavy (non-hydrogen) atoms. The molecule has 2 aromatic heterocycles. The average Bonchev–Trinajstić information content (AvgIpc) is 3.07. The molecular weight excluding hydrogens is 326 g/mol. The summed E-state index contributed by atoms with van der Waals surface area (Å²) >= 11 is 2.38. The summed E-state index contributed by atoms with van der Waals surface area (Å²) in [4.78, 5) is 28.0. The monoisotopic (exact) mass is 335 g/mol. The number of aromatic nitrogens is 2. The molecule has 0 aliphatic carbocycles. The van der Waals surface area contributed by atoms with Gasteiger partial charge in [-0.1, -0.05) is 35.2 Å². The summed E-state index contributed by atoms with van der Waals surface area (Å²) < 4.78 is 6.15. The first-order valence-electron chi connectivity index (χ1n) is 6.07. The molecule has 0 radical (unpaired) electrons. The van der Waals surface area contributed by atoms with Crippen LogP contribution in [0.3, 0.4) is 0 Å². The molecule has 0 bridgehead atoms. The highest BCUT2D eigenvalue weighted by Gasteiger charge is 2.25. The number of esters is 1. The largest absolute Gasteiger partial charge is 0.465 e. The maximum Gasteiger partial charge on any atom is 0.363 e. The van der Waals surface area contributed by atoms with Crippen molar-refractivity contribution >= 4 is 39.8 Å². The molecule has 0 atom stereocenters. The highest BCUT2D eigenvalue weighted by molar-refractivity contribution is 7.99. The standard InChI is InChI=1S/C13H9N3O4S2/c1-20-12(17)8-4-2-3-5-9(8)22-10-11(16(18)19)15-6-7-21-13(15)14-10/h2-7H,1H3. The first-order chi connectivity index (χ1) is 10.6. The summed E-state index contributed by atoms with van der Waals surface area (Å²) in [6.07, 6.45) is 1.60. The van der Waals surface area contributed by atoms with E-state index in [1.54, 1.807) is 35.8 Å². The Morgan fingerprint density at radius 1 is 1.45 bits per heavy atom. The second-order valence-electron chi connectivity index (χ2n) is 4.14. The van der Waals surface area contributed by atoms with Crippen molar-refractivity contribution in [1.82, 2.24) is 9.38 Å². The maximum atomic E-state index is 11.8. The van der Waals surface area contributed by atoms with E-state index in [0.29, 0.717) is 15.4 Å². The number of imidazole rings is 1. The van der Waals surface area contributed by atoms with Gasteiger partial charge in [-0.15, -0.1) is 0 Å². The maximum absolute atomic E-state index is 11.8. The molecule has 1 aromatic carbocycles. The van der Waals surface area contributed by atoms with Crippen LogP contribution in [0.4, 0.5) is 5.82 Å². The zero-order valence-electron chi connectivity index (χ0n) is 11.3. The van der Waals surface area contributed by atoms with E-state index in [4.69, 9.17) is 4.74 Å². The van der Waals surface area contributed by atoms with Crippen molar-refractivity contribution in [2.24, 2.45) is 0 Å². The van der Waals surface area contributed by atoms with Crippen molar-refractivity contribution in [3.8, 4) is 0 Å². The van der Waals surface area contributed by atoms with Gasteiger partial charge in [0, 0.05) is 10.3 Å². The van der Waals surface area contributed by atoms with Crippen LogP contribution in [0.15, 0.2) is 45.8 Å². The van der Waals surface area contributed by atoms with Crippen molar-refractivity contribution in [1.29, 1.82) is 0 Å². The predicted octanol–water partition coefficient (Wildman–Crippen LogP) is 3.24. The summed E-state index contributed by atoms with van der Waals surface area (Å²) in [6.45, 7) is 0. The Bertz CT molecular complexity index is 871. The summed E-state index contributed by atoms with van der Waals surface area (Å²) in [5.74, 6) is -0.604. The lowest BCUT2D eigenvalue weighted by Crippen LogP contribution is -2.02. The molecule has 3 aromatic rings. The molecule has 0 aliphatic rings. The Balaban J connectivity index is 2.07. The van der Waals surface area contributed by atoms with Gasteiger partial charge in [-0.05, 0) is 17.1 Å². The summed E-state index contributed by atoms with van der Waals surface area (Å²) in [7, 11) is 1.29. The number of rotatable bonds is 4. The highest BCUT2D eigenvalue weighted by atomic mass is 32.2. The number of fused-ring (bicyclic) bond motifs is 1. The Hall–Kier alpha value is -2.39. The van der Waals surface area contributed by atoms with Crippen LogP contribution in [-0.4, -0.2) is 27.4 Å². The van der Waals surface area contributed by atoms with Crippen LogP contribution in [0.25, 0.3) is 4.96 Å². The van der Waals surface area contributed by atoms with Gasteiger partial charge in [0.1, 0.15) is 6.20 Å². The van der Waals surface area contributed by atoms with Crippen molar-refractivity contribution in [3.05, 3.63) is 51.5 Å². The van der Waals surface area contributed by atoms with E-state index in [9.17, 15) is 14.9 Å². The minimum atomic E-state index is -0.494. The molecule has 7 nitrogen and oxygen atoms in total. The third-order valence-electron chi connectivity index (χ3n) is 2.88. The molecule has 9 heteroatoms. The first kappa shape index (κ1) is 14.5. The molecule has 0 saturated heterocycles. The normalized spacial score (nSPS) is 10.8. The summed E-state index contributed by atoms with van der Waals surface area (Å²) in [6, 6.07) is 6.77. The zero-order valence-corrected chi connectivity index (χ0v) is 12.9. The number of carbonyl (C=O) groups excluding carboxylic acids is 1. The van der Waals surface area contributed by atoms with Gasteiger partial charge in [-0.25, -0.2) is 4.79 Å². The molecule has 3 rings (SSSR count). The molecule has 0 saturated carbocycles. The Morgan fingerprint density at radius 2 is 2.23 bits per heavy atom. The Kier molecular flexibility index (Phi) is 3.82. The molecule has 0 amide bonds. The first-order valence-corrected chi connectivity index (χ1v) is 7.76. The quantitative estimate of drug-likeness (QED) is 0.413. The lowest BCUT2D eigenvalue weighted by Gasteiger charge is -2.05. The van der Waals surface area contributed by atoms with E-state index in [0.717, 1.165) is 11.8 Å². The van der Waals surface area contributed by atoms with Gasteiger partial charge in [0.15, 0.2) is 0 Å². The minimum absolute atomic E-state index is 0.110. The molecule has 0 spiro atoms. The molecule has 0 aliphatic heterocycles. The molecule has 0 unspecified atom stereocenters. The SMILES string of the molecule is COC(=O)c1ccccc1Sc1nc2sccn2c1[N+](=O)[O-]. The number of thiazole rings is 1. The smallest absolute Gasteiger partial charge is 0.363 e. The number of ether oxygens (including phenoxy) is 1. The zero-order chi connectivity index (χ0) is 15.7. The van der Waals surface area contributed by atoms with Crippen LogP contribution in [0.5, 0.6) is 0 Å². The van der Waals surface area contributed by atoms with E-state index >= 15 is 0 Å². The highest BCUT2D eigenvalue weighted by Crippen LogP contribution is 2.37. The van der Waals surface area contributed by atoms with Crippen LogP contribution >= 0.6 is 23.1 Å². The van der Waals surface area contributed by atoms with Crippen LogP contribution in [-0.2, 0) is 4.74 Å². The second-order valence-corrected chi connectivity index (χ2v) is 6.05. The van der Waals surface area contributed by atoms with Crippen LogP contribution in [0.1, 0.15) is 10.4 Å². The van der Waals surface area contributed by atoms with E-state index in [1.165, 1.54) is 22.8 Å². The third kappa shape index (κ3) is 2.44. The molecule has 112 valence electrons. The van der Waals surface area contributed by atoms with Crippen LogP contribution in [0, 0.1) is 10.1 Å². The lowest BCUT2D eigenvalue weighted by molar-refractivity contribution is -0.393. The minimum Gasteiger partial charge on any atom is -0.465 e. The summed E-state index contributed by atoms with van der Waals surface area (Å²) in [5.41, 5.74) is 0.348. The van der Waals surface area contributed by atoms with E-state index in [1.807, 2.05) is 0 Å². The third-order valence-corrected chi connectivity index (χ3v) is 4.68. The molecule has 2 heterocycles. The van der Waals surface area contributed by atoms with Crippen molar-refractivity contribution in [3.63, 3.8) is 0 Å². The fourth-order valence-corrected chi connectivity index (χ4v) is 3.71. The van der Waals surface area contributed by atoms with Crippen molar-refractivity contribution < 1.29 is 14.5 Å². The number of hydrogen-bond donors (Lipinski definition) is 0.